The Bertz CT molecular complexity index is 2880. The first-order chi connectivity index (χ1) is 29.3. The minimum atomic E-state index is -3.83. The van der Waals surface area contributed by atoms with E-state index in [9.17, 15) is 18.0 Å². The van der Waals surface area contributed by atoms with Crippen LogP contribution in [0.4, 0.5) is 9.59 Å². The zero-order valence-electron chi connectivity index (χ0n) is 36.9. The van der Waals surface area contributed by atoms with Gasteiger partial charge in [0.05, 0.1) is 51.7 Å². The fraction of sp³-hybridized carbons (Fsp3) is 0.467. The van der Waals surface area contributed by atoms with E-state index in [0.717, 1.165) is 58.8 Å². The SMILES string of the molecule is CC1CCN(C(=O)OC(C)(C)C)CC1c1ncc2cnc3[nH]ccc3n12.Cc1ccc(S(=O)(=O)n2ccc3c2ncc2cnc(C4CN(C(=O)OC(C)(C)C)CCC4C)n23)cc1. The van der Waals surface area contributed by atoms with Crippen molar-refractivity contribution in [2.75, 3.05) is 26.2 Å². The summed E-state index contributed by atoms with van der Waals surface area (Å²) in [6.07, 6.45) is 11.7. The molecule has 1 aromatic carbocycles. The number of aromatic nitrogens is 8. The van der Waals surface area contributed by atoms with Gasteiger partial charge in [0.15, 0.2) is 11.3 Å². The fourth-order valence-electron chi connectivity index (χ4n) is 8.39. The summed E-state index contributed by atoms with van der Waals surface area (Å²) in [6, 6.07) is 10.5. The number of aryl methyl sites for hydroxylation is 1. The smallest absolute Gasteiger partial charge is 0.410 e. The second-order valence-corrected chi connectivity index (χ2v) is 20.5. The number of hydrogen-bond acceptors (Lipinski definition) is 10. The van der Waals surface area contributed by atoms with Crippen LogP contribution < -0.4 is 0 Å². The number of aromatic amines is 1. The molecule has 2 amide bonds. The molecule has 2 saturated heterocycles. The fourth-order valence-corrected chi connectivity index (χ4v) is 9.69. The second kappa shape index (κ2) is 16.1. The summed E-state index contributed by atoms with van der Waals surface area (Å²) < 4.78 is 43.3. The molecule has 0 aliphatic carbocycles. The molecule has 0 saturated carbocycles. The first kappa shape index (κ1) is 42.7. The largest absolute Gasteiger partial charge is 0.444 e. The Kier molecular flexibility index (Phi) is 11.1. The first-order valence-corrected chi connectivity index (χ1v) is 22.6. The van der Waals surface area contributed by atoms with Crippen molar-refractivity contribution in [3.8, 4) is 0 Å². The highest BCUT2D eigenvalue weighted by Crippen LogP contribution is 2.36. The van der Waals surface area contributed by atoms with Gasteiger partial charge in [0.25, 0.3) is 10.0 Å². The Morgan fingerprint density at radius 3 is 1.73 bits per heavy atom. The monoisotopic (exact) mass is 864 g/mol. The van der Waals surface area contributed by atoms with Gasteiger partial charge in [-0.3, -0.25) is 8.80 Å². The predicted octanol–water partition coefficient (Wildman–Crippen LogP) is 8.16. The molecule has 62 heavy (non-hydrogen) atoms. The molecule has 6 aromatic heterocycles. The van der Waals surface area contributed by atoms with Gasteiger partial charge in [-0.15, -0.1) is 0 Å². The molecule has 2 aliphatic heterocycles. The van der Waals surface area contributed by atoms with Gasteiger partial charge in [-0.25, -0.2) is 41.9 Å². The lowest BCUT2D eigenvalue weighted by Gasteiger charge is -2.37. The summed E-state index contributed by atoms with van der Waals surface area (Å²) >= 11 is 0. The van der Waals surface area contributed by atoms with Gasteiger partial charge in [0.2, 0.25) is 0 Å². The van der Waals surface area contributed by atoms with Crippen molar-refractivity contribution in [2.24, 2.45) is 11.8 Å². The summed E-state index contributed by atoms with van der Waals surface area (Å²) in [5.74, 6) is 2.57. The molecule has 1 N–H and O–H groups in total. The molecule has 0 radical (unpaired) electrons. The number of H-pyrrole nitrogens is 1. The lowest BCUT2D eigenvalue weighted by Crippen LogP contribution is -2.44. The molecule has 9 rings (SSSR count). The van der Waals surface area contributed by atoms with Crippen molar-refractivity contribution < 1.29 is 27.5 Å². The van der Waals surface area contributed by atoms with Crippen LogP contribution in [0.5, 0.6) is 0 Å². The highest BCUT2D eigenvalue weighted by atomic mass is 32.2. The number of piperidine rings is 2. The first-order valence-electron chi connectivity index (χ1n) is 21.2. The van der Waals surface area contributed by atoms with Crippen molar-refractivity contribution in [3.63, 3.8) is 0 Å². The van der Waals surface area contributed by atoms with Crippen molar-refractivity contribution in [2.45, 2.75) is 103 Å². The van der Waals surface area contributed by atoms with E-state index >= 15 is 0 Å². The molecule has 8 heterocycles. The Labute approximate surface area is 361 Å². The number of nitrogens with one attached hydrogen (secondary N) is 1. The van der Waals surface area contributed by atoms with Crippen LogP contribution in [0.15, 0.2) is 78.5 Å². The second-order valence-electron chi connectivity index (χ2n) is 18.7. The molecule has 2 aliphatic rings. The lowest BCUT2D eigenvalue weighted by molar-refractivity contribution is 0.0150. The van der Waals surface area contributed by atoms with Crippen LogP contribution in [0, 0.1) is 18.8 Å². The number of imidazole rings is 2. The Hall–Kier alpha value is -5.97. The maximum absolute atomic E-state index is 13.4. The summed E-state index contributed by atoms with van der Waals surface area (Å²) in [5, 5.41) is 0. The van der Waals surface area contributed by atoms with E-state index in [1.807, 2.05) is 82.4 Å². The third-order valence-electron chi connectivity index (χ3n) is 11.7. The maximum Gasteiger partial charge on any atom is 0.410 e. The molecule has 16 nitrogen and oxygen atoms in total. The Balaban J connectivity index is 0.000000180. The van der Waals surface area contributed by atoms with Crippen LogP contribution in [0.2, 0.25) is 0 Å². The van der Waals surface area contributed by atoms with Gasteiger partial charge in [0.1, 0.15) is 22.9 Å². The summed E-state index contributed by atoms with van der Waals surface area (Å²) in [4.78, 5) is 50.5. The average Bonchev–Trinajstić information content (AvgIpc) is 4.02. The minimum Gasteiger partial charge on any atom is -0.444 e. The minimum absolute atomic E-state index is 0.0450. The van der Waals surface area contributed by atoms with Crippen molar-refractivity contribution in [3.05, 3.63) is 90.8 Å². The summed E-state index contributed by atoms with van der Waals surface area (Å²) in [5.41, 5.74) is 4.49. The number of benzene rings is 1. The molecule has 2 fully saturated rings. The molecule has 0 bridgehead atoms. The standard InChI is InChI=1S/C26H31N5O4S.C19H25N5O2/c1-17-6-8-20(9-7-17)36(33,34)30-13-11-22-24(30)28-15-19-14-27-23(31(19)22)21-16-29(12-10-18(21)2)25(32)35-26(3,4)5;1-12-6-8-23(18(25)26-19(2,3)4)11-14(12)17-22-10-13-9-21-16-15(24(13)17)5-7-20-16/h6-9,11,13-15,18,21H,10,12,16H2,1-5H3;5,7,9-10,12,14,20H,6,8,11H2,1-4H3. The third-order valence-corrected chi connectivity index (χ3v) is 13.4. The van der Waals surface area contributed by atoms with Crippen LogP contribution in [0.25, 0.3) is 33.4 Å². The molecule has 328 valence electrons. The van der Waals surface area contributed by atoms with Gasteiger partial charge in [-0.05, 0) is 97.4 Å². The average molecular weight is 865 g/mol. The normalized spacial score (nSPS) is 20.1. The van der Waals surface area contributed by atoms with Gasteiger partial charge in [-0.1, -0.05) is 31.5 Å². The molecule has 4 atom stereocenters. The van der Waals surface area contributed by atoms with E-state index in [2.05, 4.69) is 33.2 Å². The van der Waals surface area contributed by atoms with Crippen LogP contribution in [-0.4, -0.2) is 105 Å². The summed E-state index contributed by atoms with van der Waals surface area (Å²) in [7, 11) is -3.83. The number of likely N-dealkylation sites (tertiary alicyclic amines) is 2. The van der Waals surface area contributed by atoms with E-state index < -0.39 is 21.2 Å². The van der Waals surface area contributed by atoms with E-state index in [1.165, 1.54) is 10.2 Å². The number of amides is 2. The molecule has 0 spiro atoms. The quantitative estimate of drug-likeness (QED) is 0.182. The zero-order chi connectivity index (χ0) is 44.3. The van der Waals surface area contributed by atoms with Crippen LogP contribution in [0.3, 0.4) is 0 Å². The molecular weight excluding hydrogens is 809 g/mol. The molecule has 17 heteroatoms. The molecule has 4 unspecified atom stereocenters. The number of fused-ring (bicyclic) bond motifs is 6. The van der Waals surface area contributed by atoms with Crippen molar-refractivity contribution >= 4 is 55.6 Å². The number of nitrogens with zero attached hydrogens (tertiary/aromatic N) is 9. The number of carbonyl (C=O) groups excluding carboxylic acids is 2. The Morgan fingerprint density at radius 2 is 1.19 bits per heavy atom. The number of rotatable bonds is 4. The van der Waals surface area contributed by atoms with E-state index in [4.69, 9.17) is 19.4 Å². The van der Waals surface area contributed by atoms with Gasteiger partial charge in [0, 0.05) is 50.4 Å². The van der Waals surface area contributed by atoms with Crippen LogP contribution in [-0.2, 0) is 19.5 Å². The third kappa shape index (κ3) is 8.33. The van der Waals surface area contributed by atoms with E-state index in [0.29, 0.717) is 36.7 Å². The highest BCUT2D eigenvalue weighted by Gasteiger charge is 2.36. The number of ether oxygens (including phenoxy) is 2. The highest BCUT2D eigenvalue weighted by molar-refractivity contribution is 7.90. The molecular formula is C45H56N10O6S. The molecule has 7 aromatic rings. The lowest BCUT2D eigenvalue weighted by atomic mass is 9.86. The predicted molar refractivity (Wildman–Crippen MR) is 236 cm³/mol. The van der Waals surface area contributed by atoms with Crippen LogP contribution >= 0.6 is 0 Å². The van der Waals surface area contributed by atoms with Gasteiger partial charge in [-0.2, -0.15) is 0 Å². The van der Waals surface area contributed by atoms with E-state index in [1.54, 1.807) is 47.6 Å². The van der Waals surface area contributed by atoms with Crippen molar-refractivity contribution in [1.29, 1.82) is 0 Å². The Morgan fingerprint density at radius 1 is 0.694 bits per heavy atom. The topological polar surface area (TPSA) is 174 Å². The van der Waals surface area contributed by atoms with Crippen LogP contribution in [0.1, 0.15) is 97.3 Å². The van der Waals surface area contributed by atoms with E-state index in [-0.39, 0.29) is 34.8 Å². The van der Waals surface area contributed by atoms with Gasteiger partial charge >= 0.3 is 12.2 Å². The zero-order valence-corrected chi connectivity index (χ0v) is 37.7. The number of hydrogen-bond donors (Lipinski definition) is 1. The maximum atomic E-state index is 13.4. The van der Waals surface area contributed by atoms with Gasteiger partial charge < -0.3 is 24.3 Å². The summed E-state index contributed by atoms with van der Waals surface area (Å²) in [6.45, 7) is 20.0. The number of carbonyl (C=O) groups is 2. The van der Waals surface area contributed by atoms with Crippen molar-refractivity contribution in [1.82, 2.24) is 47.5 Å².